The second kappa shape index (κ2) is 9.14. The highest BCUT2D eigenvalue weighted by Gasteiger charge is 2.53. The Morgan fingerprint density at radius 1 is 0.939 bits per heavy atom. The number of hydrogen-bond acceptors (Lipinski definition) is 3. The average Bonchev–Trinajstić information content (AvgIpc) is 3.10. The molecule has 1 aliphatic heterocycles. The fraction of sp³-hybridized carbons (Fsp3) is 0.517. The molecule has 0 saturated heterocycles. The van der Waals surface area contributed by atoms with Crippen LogP contribution in [0.1, 0.15) is 66.7 Å². The summed E-state index contributed by atoms with van der Waals surface area (Å²) in [7, 11) is -2.62. The zero-order valence-corrected chi connectivity index (χ0v) is 21.9. The Bertz CT molecular complexity index is 918. The van der Waals surface area contributed by atoms with E-state index in [1.807, 2.05) is 0 Å². The highest BCUT2D eigenvalue weighted by Crippen LogP contribution is 2.45. The molecule has 2 atom stereocenters. The van der Waals surface area contributed by atoms with Crippen LogP contribution >= 0.6 is 0 Å². The van der Waals surface area contributed by atoms with E-state index in [0.29, 0.717) is 6.61 Å². The molecule has 0 bridgehead atoms. The third kappa shape index (κ3) is 4.39. The van der Waals surface area contributed by atoms with Crippen LogP contribution in [0.5, 0.6) is 0 Å². The molecule has 0 amide bonds. The second-order valence-corrected chi connectivity index (χ2v) is 15.5. The fourth-order valence-electron chi connectivity index (χ4n) is 5.95. The maximum atomic E-state index is 11.5. The van der Waals surface area contributed by atoms with Crippen molar-refractivity contribution < 1.29 is 14.3 Å². The van der Waals surface area contributed by atoms with E-state index in [9.17, 15) is 5.11 Å². The molecule has 1 N–H and O–H groups in total. The van der Waals surface area contributed by atoms with Gasteiger partial charge in [-0.3, -0.25) is 0 Å². The molecule has 2 aliphatic rings. The van der Waals surface area contributed by atoms with Crippen molar-refractivity contribution in [3.8, 4) is 0 Å². The van der Waals surface area contributed by atoms with Crippen molar-refractivity contribution in [2.45, 2.75) is 89.1 Å². The summed E-state index contributed by atoms with van der Waals surface area (Å²) in [6.07, 6.45) is 6.93. The molecule has 0 spiro atoms. The molecule has 3 nitrogen and oxygen atoms in total. The van der Waals surface area contributed by atoms with Gasteiger partial charge in [-0.1, -0.05) is 101 Å². The van der Waals surface area contributed by atoms with Crippen LogP contribution in [0.3, 0.4) is 0 Å². The van der Waals surface area contributed by atoms with Crippen LogP contribution in [0, 0.1) is 0 Å². The van der Waals surface area contributed by atoms with Crippen LogP contribution in [0.15, 0.2) is 72.3 Å². The first-order chi connectivity index (χ1) is 15.6. The van der Waals surface area contributed by atoms with Crippen molar-refractivity contribution in [3.05, 3.63) is 72.3 Å². The van der Waals surface area contributed by atoms with Crippen LogP contribution in [0.2, 0.25) is 5.04 Å². The van der Waals surface area contributed by atoms with Crippen molar-refractivity contribution in [3.63, 3.8) is 0 Å². The molecule has 4 rings (SSSR count). The third-order valence-electron chi connectivity index (χ3n) is 7.87. The Morgan fingerprint density at radius 2 is 1.45 bits per heavy atom. The molecule has 0 radical (unpaired) electrons. The standard InChI is InChI=1S/C29H40O3Si/c1-23-21-28(5,29(30)19-13-8-14-20-29)32-26(23)22-31-33(27(2,3)4,24-15-9-6-10-16-24)25-17-11-7-12-18-25/h6-7,9-12,15-18,21,26,30H,8,13-14,19-20,22H2,1-5H3/t26-,28-/m0/s1. The van der Waals surface area contributed by atoms with E-state index in [2.05, 4.69) is 101 Å². The third-order valence-corrected chi connectivity index (χ3v) is 12.9. The van der Waals surface area contributed by atoms with Gasteiger partial charge in [0.1, 0.15) is 11.7 Å². The van der Waals surface area contributed by atoms with Crippen molar-refractivity contribution in [1.29, 1.82) is 0 Å². The summed E-state index contributed by atoms with van der Waals surface area (Å²) >= 11 is 0. The molecular weight excluding hydrogens is 424 g/mol. The molecule has 1 fully saturated rings. The van der Waals surface area contributed by atoms with Gasteiger partial charge >= 0.3 is 0 Å². The number of rotatable bonds is 6. The van der Waals surface area contributed by atoms with Gasteiger partial charge in [-0.25, -0.2) is 0 Å². The smallest absolute Gasteiger partial charge is 0.261 e. The molecule has 33 heavy (non-hydrogen) atoms. The fourth-order valence-corrected chi connectivity index (χ4v) is 10.5. The maximum absolute atomic E-state index is 11.5. The van der Waals surface area contributed by atoms with Gasteiger partial charge in [-0.2, -0.15) is 0 Å². The van der Waals surface area contributed by atoms with Crippen LogP contribution in [-0.2, 0) is 9.16 Å². The SMILES string of the molecule is CC1=C[C@@](C)(C2(O)CCCCC2)O[C@H]1CO[Si](c1ccccc1)(c1ccccc1)C(C)(C)C. The van der Waals surface area contributed by atoms with Crippen molar-refractivity contribution in [1.82, 2.24) is 0 Å². The molecule has 4 heteroatoms. The Balaban J connectivity index is 1.66. The summed E-state index contributed by atoms with van der Waals surface area (Å²) in [5.41, 5.74) is -0.287. The maximum Gasteiger partial charge on any atom is 0.261 e. The zero-order valence-electron chi connectivity index (χ0n) is 20.9. The van der Waals surface area contributed by atoms with E-state index in [1.165, 1.54) is 16.8 Å². The number of hydrogen-bond donors (Lipinski definition) is 1. The van der Waals surface area contributed by atoms with Gasteiger partial charge < -0.3 is 14.3 Å². The Morgan fingerprint density at radius 3 is 1.94 bits per heavy atom. The lowest BCUT2D eigenvalue weighted by molar-refractivity contribution is -0.171. The first kappa shape index (κ1) is 24.4. The Kier molecular flexibility index (Phi) is 6.76. The Labute approximate surface area is 201 Å². The van der Waals surface area contributed by atoms with Crippen LogP contribution in [0.4, 0.5) is 0 Å². The van der Waals surface area contributed by atoms with Crippen LogP contribution in [-0.4, -0.2) is 37.3 Å². The van der Waals surface area contributed by atoms with Gasteiger partial charge in [0.2, 0.25) is 0 Å². The molecule has 1 aliphatic carbocycles. The molecule has 1 heterocycles. The first-order valence-electron chi connectivity index (χ1n) is 12.5. The second-order valence-electron chi connectivity index (χ2n) is 11.2. The van der Waals surface area contributed by atoms with Gasteiger partial charge in [-0.05, 0) is 53.7 Å². The number of benzene rings is 2. The van der Waals surface area contributed by atoms with Crippen LogP contribution in [0.25, 0.3) is 0 Å². The predicted molar refractivity (Wildman–Crippen MR) is 139 cm³/mol. The van der Waals surface area contributed by atoms with Gasteiger partial charge in [0.05, 0.1) is 12.2 Å². The Hall–Kier alpha value is -1.72. The molecule has 0 aromatic heterocycles. The van der Waals surface area contributed by atoms with E-state index in [4.69, 9.17) is 9.16 Å². The highest BCUT2D eigenvalue weighted by atomic mass is 28.4. The van der Waals surface area contributed by atoms with Crippen molar-refractivity contribution >= 4 is 18.7 Å². The monoisotopic (exact) mass is 464 g/mol. The molecule has 0 unspecified atom stereocenters. The van der Waals surface area contributed by atoms with Crippen molar-refractivity contribution in [2.24, 2.45) is 0 Å². The van der Waals surface area contributed by atoms with E-state index in [0.717, 1.165) is 31.3 Å². The van der Waals surface area contributed by atoms with E-state index in [1.54, 1.807) is 0 Å². The summed E-state index contributed by atoms with van der Waals surface area (Å²) in [4.78, 5) is 0. The molecule has 178 valence electrons. The summed E-state index contributed by atoms with van der Waals surface area (Å²) < 4.78 is 13.8. The van der Waals surface area contributed by atoms with Crippen LogP contribution < -0.4 is 10.4 Å². The summed E-state index contributed by atoms with van der Waals surface area (Å²) in [6, 6.07) is 21.5. The highest BCUT2D eigenvalue weighted by molar-refractivity contribution is 6.99. The summed E-state index contributed by atoms with van der Waals surface area (Å²) in [6.45, 7) is 11.6. The molecule has 2 aromatic carbocycles. The summed E-state index contributed by atoms with van der Waals surface area (Å²) in [5.74, 6) is 0. The van der Waals surface area contributed by atoms with Gasteiger partial charge in [0, 0.05) is 0 Å². The van der Waals surface area contributed by atoms with Crippen molar-refractivity contribution in [2.75, 3.05) is 6.61 Å². The lowest BCUT2D eigenvalue weighted by Gasteiger charge is -2.45. The minimum absolute atomic E-state index is 0.0726. The quantitative estimate of drug-likeness (QED) is 0.462. The number of ether oxygens (including phenoxy) is 1. The van der Waals surface area contributed by atoms with Gasteiger partial charge in [0.25, 0.3) is 8.32 Å². The summed E-state index contributed by atoms with van der Waals surface area (Å²) in [5, 5.41) is 14.0. The molecule has 1 saturated carbocycles. The van der Waals surface area contributed by atoms with E-state index < -0.39 is 19.5 Å². The van der Waals surface area contributed by atoms with Gasteiger partial charge in [-0.15, -0.1) is 0 Å². The predicted octanol–water partition coefficient (Wildman–Crippen LogP) is 5.36. The largest absolute Gasteiger partial charge is 0.404 e. The lowest BCUT2D eigenvalue weighted by atomic mass is 9.73. The normalized spacial score (nSPS) is 25.6. The first-order valence-corrected chi connectivity index (χ1v) is 14.4. The molecule has 2 aromatic rings. The topological polar surface area (TPSA) is 38.7 Å². The van der Waals surface area contributed by atoms with E-state index in [-0.39, 0.29) is 11.1 Å². The number of aliphatic hydroxyl groups is 1. The lowest BCUT2D eigenvalue weighted by Crippen LogP contribution is -2.67. The average molecular weight is 465 g/mol. The minimum atomic E-state index is -2.62. The van der Waals surface area contributed by atoms with Gasteiger partial charge in [0.15, 0.2) is 0 Å². The van der Waals surface area contributed by atoms with E-state index >= 15 is 0 Å². The molecular formula is C29H40O3Si. The minimum Gasteiger partial charge on any atom is -0.404 e. The zero-order chi connectivity index (χ0) is 23.7.